The van der Waals surface area contributed by atoms with Crippen LogP contribution >= 0.6 is 15.9 Å². The van der Waals surface area contributed by atoms with Crippen molar-refractivity contribution in [2.24, 2.45) is 5.92 Å². The van der Waals surface area contributed by atoms with Crippen LogP contribution in [0.4, 0.5) is 0 Å². The number of halogens is 1. The lowest BCUT2D eigenvalue weighted by Crippen LogP contribution is -2.37. The smallest absolute Gasteiger partial charge is 0.223 e. The molecule has 17 heavy (non-hydrogen) atoms. The fourth-order valence-electron chi connectivity index (χ4n) is 1.81. The Kier molecular flexibility index (Phi) is 3.57. The van der Waals surface area contributed by atoms with E-state index in [1.807, 2.05) is 12.1 Å². The minimum atomic E-state index is -0.0334. The first-order valence-electron chi connectivity index (χ1n) is 6.03. The van der Waals surface area contributed by atoms with Crippen molar-refractivity contribution in [3.8, 4) is 0 Å². The Hall–Kier alpha value is -0.830. The molecule has 0 saturated heterocycles. The molecule has 1 N–H and O–H groups in total. The lowest BCUT2D eigenvalue weighted by Gasteiger charge is -2.26. The standard InChI is InChI=1S/C14H18BrNO/c1-14(2,9-16-13(17)10-6-7-10)11-4-3-5-12(15)8-11/h3-5,8,10H,6-7,9H2,1-2H3,(H,16,17). The van der Waals surface area contributed by atoms with Gasteiger partial charge >= 0.3 is 0 Å². The minimum absolute atomic E-state index is 0.0334. The molecule has 1 aliphatic carbocycles. The molecule has 1 amide bonds. The number of hydrogen-bond donors (Lipinski definition) is 1. The summed E-state index contributed by atoms with van der Waals surface area (Å²) in [4.78, 5) is 11.6. The predicted molar refractivity (Wildman–Crippen MR) is 72.9 cm³/mol. The second-order valence-electron chi connectivity index (χ2n) is 5.39. The van der Waals surface area contributed by atoms with Gasteiger partial charge in [-0.15, -0.1) is 0 Å². The van der Waals surface area contributed by atoms with E-state index < -0.39 is 0 Å². The van der Waals surface area contributed by atoms with Crippen LogP contribution in [0.15, 0.2) is 28.7 Å². The number of rotatable bonds is 4. The van der Waals surface area contributed by atoms with E-state index in [0.29, 0.717) is 6.54 Å². The van der Waals surface area contributed by atoms with Crippen LogP contribution in [0.2, 0.25) is 0 Å². The summed E-state index contributed by atoms with van der Waals surface area (Å²) in [6.07, 6.45) is 2.12. The molecular formula is C14H18BrNO. The number of nitrogens with one attached hydrogen (secondary N) is 1. The Morgan fingerprint density at radius 3 is 2.76 bits per heavy atom. The maximum atomic E-state index is 11.6. The van der Waals surface area contributed by atoms with Crippen LogP contribution in [-0.2, 0) is 10.2 Å². The number of benzene rings is 1. The average molecular weight is 296 g/mol. The van der Waals surface area contributed by atoms with Crippen LogP contribution in [0.1, 0.15) is 32.3 Å². The monoisotopic (exact) mass is 295 g/mol. The molecule has 0 atom stereocenters. The van der Waals surface area contributed by atoms with Crippen molar-refractivity contribution in [2.75, 3.05) is 6.54 Å². The van der Waals surface area contributed by atoms with Gasteiger partial charge in [0.05, 0.1) is 0 Å². The van der Waals surface area contributed by atoms with Crippen LogP contribution < -0.4 is 5.32 Å². The summed E-state index contributed by atoms with van der Waals surface area (Å²) in [5.74, 6) is 0.501. The third kappa shape index (κ3) is 3.32. The Bertz CT molecular complexity index is 424. The van der Waals surface area contributed by atoms with E-state index in [4.69, 9.17) is 0 Å². The fourth-order valence-corrected chi connectivity index (χ4v) is 2.21. The molecule has 2 rings (SSSR count). The summed E-state index contributed by atoms with van der Waals surface area (Å²) < 4.78 is 1.08. The van der Waals surface area contributed by atoms with E-state index in [-0.39, 0.29) is 17.2 Å². The van der Waals surface area contributed by atoms with E-state index in [1.165, 1.54) is 5.56 Å². The molecule has 0 bridgehead atoms. The largest absolute Gasteiger partial charge is 0.355 e. The highest BCUT2D eigenvalue weighted by Crippen LogP contribution is 2.30. The Balaban J connectivity index is 1.99. The van der Waals surface area contributed by atoms with Crippen molar-refractivity contribution in [3.63, 3.8) is 0 Å². The lowest BCUT2D eigenvalue weighted by atomic mass is 9.84. The zero-order valence-corrected chi connectivity index (χ0v) is 11.9. The molecule has 0 aliphatic heterocycles. The maximum absolute atomic E-state index is 11.6. The molecule has 1 aliphatic rings. The summed E-state index contributed by atoms with van der Waals surface area (Å²) in [6.45, 7) is 5.00. The van der Waals surface area contributed by atoms with Crippen LogP contribution in [0.5, 0.6) is 0 Å². The van der Waals surface area contributed by atoms with Crippen molar-refractivity contribution in [2.45, 2.75) is 32.1 Å². The zero-order valence-electron chi connectivity index (χ0n) is 10.3. The predicted octanol–water partition coefficient (Wildman–Crippen LogP) is 3.25. The first kappa shape index (κ1) is 12.6. The molecule has 3 heteroatoms. The number of amides is 1. The van der Waals surface area contributed by atoms with Crippen LogP contribution in [-0.4, -0.2) is 12.5 Å². The van der Waals surface area contributed by atoms with E-state index in [0.717, 1.165) is 17.3 Å². The number of carbonyl (C=O) groups is 1. The third-order valence-corrected chi connectivity index (χ3v) is 3.75. The first-order chi connectivity index (χ1) is 7.99. The lowest BCUT2D eigenvalue weighted by molar-refractivity contribution is -0.122. The Morgan fingerprint density at radius 2 is 2.18 bits per heavy atom. The topological polar surface area (TPSA) is 29.1 Å². The van der Waals surface area contributed by atoms with E-state index in [2.05, 4.69) is 47.2 Å². The quantitative estimate of drug-likeness (QED) is 0.908. The van der Waals surface area contributed by atoms with Gasteiger partial charge in [-0.05, 0) is 30.5 Å². The molecule has 1 saturated carbocycles. The summed E-state index contributed by atoms with van der Waals surface area (Å²) in [6, 6.07) is 8.27. The highest BCUT2D eigenvalue weighted by atomic mass is 79.9. The summed E-state index contributed by atoms with van der Waals surface area (Å²) in [5.41, 5.74) is 1.21. The highest BCUT2D eigenvalue weighted by Gasteiger charge is 2.31. The molecule has 1 aromatic carbocycles. The van der Waals surface area contributed by atoms with Crippen molar-refractivity contribution >= 4 is 21.8 Å². The highest BCUT2D eigenvalue weighted by molar-refractivity contribution is 9.10. The van der Waals surface area contributed by atoms with Gasteiger partial charge in [-0.3, -0.25) is 4.79 Å². The van der Waals surface area contributed by atoms with E-state index in [9.17, 15) is 4.79 Å². The van der Waals surface area contributed by atoms with Crippen molar-refractivity contribution < 1.29 is 4.79 Å². The Morgan fingerprint density at radius 1 is 1.47 bits per heavy atom. The number of carbonyl (C=O) groups excluding carboxylic acids is 1. The summed E-state index contributed by atoms with van der Waals surface area (Å²) >= 11 is 3.48. The molecule has 2 nitrogen and oxygen atoms in total. The van der Waals surface area contributed by atoms with E-state index in [1.54, 1.807) is 0 Å². The van der Waals surface area contributed by atoms with Gasteiger partial charge in [0, 0.05) is 22.4 Å². The molecule has 1 fully saturated rings. The summed E-state index contributed by atoms with van der Waals surface area (Å²) in [7, 11) is 0. The van der Waals surface area contributed by atoms with Gasteiger partial charge in [-0.25, -0.2) is 0 Å². The van der Waals surface area contributed by atoms with Gasteiger partial charge in [-0.1, -0.05) is 41.9 Å². The van der Waals surface area contributed by atoms with Crippen LogP contribution in [0, 0.1) is 5.92 Å². The average Bonchev–Trinajstić information content (AvgIpc) is 3.10. The molecule has 1 aromatic rings. The first-order valence-corrected chi connectivity index (χ1v) is 6.82. The van der Waals surface area contributed by atoms with Crippen LogP contribution in [0.3, 0.4) is 0 Å². The van der Waals surface area contributed by atoms with Gasteiger partial charge in [0.2, 0.25) is 5.91 Å². The second kappa shape index (κ2) is 4.81. The van der Waals surface area contributed by atoms with E-state index >= 15 is 0 Å². The minimum Gasteiger partial charge on any atom is -0.355 e. The van der Waals surface area contributed by atoms with Crippen molar-refractivity contribution in [1.82, 2.24) is 5.32 Å². The molecule has 0 heterocycles. The zero-order chi connectivity index (χ0) is 12.5. The Labute approximate surface area is 111 Å². The number of hydrogen-bond acceptors (Lipinski definition) is 1. The molecular weight excluding hydrogens is 278 g/mol. The molecule has 0 aromatic heterocycles. The van der Waals surface area contributed by atoms with Gasteiger partial charge < -0.3 is 5.32 Å². The van der Waals surface area contributed by atoms with Crippen molar-refractivity contribution in [1.29, 1.82) is 0 Å². The van der Waals surface area contributed by atoms with Crippen molar-refractivity contribution in [3.05, 3.63) is 34.3 Å². The molecule has 0 spiro atoms. The molecule has 0 unspecified atom stereocenters. The maximum Gasteiger partial charge on any atom is 0.223 e. The van der Waals surface area contributed by atoms with Crippen LogP contribution in [0.25, 0.3) is 0 Å². The molecule has 0 radical (unpaired) electrons. The summed E-state index contributed by atoms with van der Waals surface area (Å²) in [5, 5.41) is 3.05. The van der Waals surface area contributed by atoms with Gasteiger partial charge in [0.1, 0.15) is 0 Å². The molecule has 92 valence electrons. The normalized spacial score (nSPS) is 15.7. The van der Waals surface area contributed by atoms with Gasteiger partial charge in [-0.2, -0.15) is 0 Å². The van der Waals surface area contributed by atoms with Gasteiger partial charge in [0.25, 0.3) is 0 Å². The SMILES string of the molecule is CC(C)(CNC(=O)C1CC1)c1cccc(Br)c1. The second-order valence-corrected chi connectivity index (χ2v) is 6.30. The third-order valence-electron chi connectivity index (χ3n) is 3.26. The van der Waals surface area contributed by atoms with Gasteiger partial charge in [0.15, 0.2) is 0 Å². The fraction of sp³-hybridized carbons (Fsp3) is 0.500.